The van der Waals surface area contributed by atoms with E-state index in [2.05, 4.69) is 21.9 Å². The average Bonchev–Trinajstić information content (AvgIpc) is 2.49. The van der Waals surface area contributed by atoms with Crippen LogP contribution in [0.15, 0.2) is 29.4 Å². The van der Waals surface area contributed by atoms with Crippen molar-refractivity contribution in [2.75, 3.05) is 37.6 Å². The van der Waals surface area contributed by atoms with Gasteiger partial charge in [0, 0.05) is 25.3 Å². The summed E-state index contributed by atoms with van der Waals surface area (Å²) >= 11 is 0. The van der Waals surface area contributed by atoms with Gasteiger partial charge >= 0.3 is 0 Å². The summed E-state index contributed by atoms with van der Waals surface area (Å²) in [6.07, 6.45) is 4.06. The molecule has 19 heavy (non-hydrogen) atoms. The second-order valence-corrected chi connectivity index (χ2v) is 5.09. The first-order chi connectivity index (χ1) is 9.33. The van der Waals surface area contributed by atoms with Crippen LogP contribution in [0.3, 0.4) is 0 Å². The molecule has 0 radical (unpaired) electrons. The van der Waals surface area contributed by atoms with Crippen LogP contribution in [0, 0.1) is 4.91 Å². The molecule has 2 rings (SSSR count). The van der Waals surface area contributed by atoms with Crippen molar-refractivity contribution in [2.24, 2.45) is 5.18 Å². The van der Waals surface area contributed by atoms with Crippen LogP contribution < -0.4 is 4.90 Å². The Kier molecular flexibility index (Phi) is 5.33. The first-order valence-electron chi connectivity index (χ1n) is 7.24. The summed E-state index contributed by atoms with van der Waals surface area (Å²) in [6.45, 7) is 7.81. The van der Waals surface area contributed by atoms with Gasteiger partial charge in [0.05, 0.1) is 0 Å². The van der Waals surface area contributed by atoms with Crippen LogP contribution in [0.5, 0.6) is 0 Å². The van der Waals surface area contributed by atoms with Crippen LogP contribution in [-0.4, -0.2) is 37.6 Å². The molecule has 4 heteroatoms. The number of likely N-dealkylation sites (N-methyl/N-ethyl adjacent to an activating group) is 1. The number of rotatable bonds is 6. The molecule has 1 heterocycles. The minimum atomic E-state index is 0.496. The lowest BCUT2D eigenvalue weighted by Crippen LogP contribution is -2.37. The van der Waals surface area contributed by atoms with Crippen molar-refractivity contribution in [3.8, 4) is 0 Å². The summed E-state index contributed by atoms with van der Waals surface area (Å²) in [5, 5.41) is 2.94. The van der Waals surface area contributed by atoms with E-state index in [1.807, 2.05) is 12.1 Å². The zero-order valence-electron chi connectivity index (χ0n) is 11.7. The lowest BCUT2D eigenvalue weighted by Gasteiger charge is -2.30. The first kappa shape index (κ1) is 14.0. The summed E-state index contributed by atoms with van der Waals surface area (Å²) in [4.78, 5) is 15.3. The van der Waals surface area contributed by atoms with Crippen molar-refractivity contribution in [3.05, 3.63) is 29.2 Å². The topological polar surface area (TPSA) is 35.9 Å². The third kappa shape index (κ3) is 4.03. The van der Waals surface area contributed by atoms with E-state index >= 15 is 0 Å². The molecule has 0 spiro atoms. The third-order valence-electron chi connectivity index (χ3n) is 3.84. The molecule has 0 N–H and O–H groups in total. The van der Waals surface area contributed by atoms with Crippen LogP contribution in [0.2, 0.25) is 0 Å². The van der Waals surface area contributed by atoms with Gasteiger partial charge in [-0.3, -0.25) is 0 Å². The maximum atomic E-state index is 10.4. The monoisotopic (exact) mass is 261 g/mol. The van der Waals surface area contributed by atoms with E-state index in [1.165, 1.54) is 38.0 Å². The quantitative estimate of drug-likeness (QED) is 0.736. The minimum Gasteiger partial charge on any atom is -0.371 e. The molecule has 1 aliphatic rings. The average molecular weight is 261 g/mol. The number of anilines is 1. The third-order valence-corrected chi connectivity index (χ3v) is 3.84. The molecule has 104 valence electrons. The number of nitroso groups, excluding NO2 is 1. The molecular formula is C15H23N3O. The lowest BCUT2D eigenvalue weighted by molar-refractivity contribution is 0.233. The SMILES string of the molecule is CCN(CCN1CCCCC1)c1ccc(N=O)cc1. The Bertz CT molecular complexity index is 385. The van der Waals surface area contributed by atoms with E-state index in [9.17, 15) is 4.91 Å². The lowest BCUT2D eigenvalue weighted by atomic mass is 10.1. The molecule has 0 unspecified atom stereocenters. The Hall–Kier alpha value is -1.42. The van der Waals surface area contributed by atoms with Crippen LogP contribution in [0.1, 0.15) is 26.2 Å². The van der Waals surface area contributed by atoms with Gasteiger partial charge < -0.3 is 9.80 Å². The summed E-state index contributed by atoms with van der Waals surface area (Å²) in [5.74, 6) is 0. The van der Waals surface area contributed by atoms with E-state index in [4.69, 9.17) is 0 Å². The van der Waals surface area contributed by atoms with Crippen LogP contribution in [-0.2, 0) is 0 Å². The summed E-state index contributed by atoms with van der Waals surface area (Å²) in [5.41, 5.74) is 1.67. The summed E-state index contributed by atoms with van der Waals surface area (Å²) in [6, 6.07) is 7.53. The fourth-order valence-corrected chi connectivity index (χ4v) is 2.64. The number of hydrogen-bond acceptors (Lipinski definition) is 4. The van der Waals surface area contributed by atoms with Gasteiger partial charge in [-0.15, -0.1) is 4.91 Å². The van der Waals surface area contributed by atoms with Gasteiger partial charge in [0.2, 0.25) is 0 Å². The van der Waals surface area contributed by atoms with Gasteiger partial charge in [-0.25, -0.2) is 0 Å². The predicted molar refractivity (Wildman–Crippen MR) is 80.1 cm³/mol. The molecule has 1 saturated heterocycles. The van der Waals surface area contributed by atoms with E-state index in [-0.39, 0.29) is 0 Å². The minimum absolute atomic E-state index is 0.496. The van der Waals surface area contributed by atoms with Gasteiger partial charge in [-0.2, -0.15) is 0 Å². The number of nitrogens with zero attached hydrogens (tertiary/aromatic N) is 3. The highest BCUT2D eigenvalue weighted by Gasteiger charge is 2.11. The van der Waals surface area contributed by atoms with Crippen molar-refractivity contribution >= 4 is 11.4 Å². The van der Waals surface area contributed by atoms with Crippen molar-refractivity contribution in [1.29, 1.82) is 0 Å². The van der Waals surface area contributed by atoms with E-state index in [1.54, 1.807) is 12.1 Å². The van der Waals surface area contributed by atoms with Gasteiger partial charge in [-0.05, 0) is 62.3 Å². The van der Waals surface area contributed by atoms with Gasteiger partial charge in [0.1, 0.15) is 5.69 Å². The van der Waals surface area contributed by atoms with Crippen LogP contribution in [0.25, 0.3) is 0 Å². The maximum absolute atomic E-state index is 10.4. The maximum Gasteiger partial charge on any atom is 0.108 e. The standard InChI is InChI=1S/C15H23N3O/c1-2-18(13-12-17-10-4-3-5-11-17)15-8-6-14(16-19)7-9-15/h6-9H,2-5,10-13H2,1H3. The molecule has 0 saturated carbocycles. The zero-order chi connectivity index (χ0) is 13.5. The Balaban J connectivity index is 1.89. The zero-order valence-corrected chi connectivity index (χ0v) is 11.7. The number of benzene rings is 1. The van der Waals surface area contributed by atoms with Gasteiger partial charge in [0.25, 0.3) is 0 Å². The number of likely N-dealkylation sites (tertiary alicyclic amines) is 1. The van der Waals surface area contributed by atoms with Crippen LogP contribution in [0.4, 0.5) is 11.4 Å². The molecule has 1 aromatic carbocycles. The fraction of sp³-hybridized carbons (Fsp3) is 0.600. The van der Waals surface area contributed by atoms with Gasteiger partial charge in [-0.1, -0.05) is 6.42 Å². The summed E-state index contributed by atoms with van der Waals surface area (Å²) in [7, 11) is 0. The number of piperidine rings is 1. The molecule has 0 aromatic heterocycles. The molecule has 0 amide bonds. The molecule has 0 bridgehead atoms. The number of hydrogen-bond donors (Lipinski definition) is 0. The van der Waals surface area contributed by atoms with Crippen LogP contribution >= 0.6 is 0 Å². The molecular weight excluding hydrogens is 238 g/mol. The largest absolute Gasteiger partial charge is 0.371 e. The fourth-order valence-electron chi connectivity index (χ4n) is 2.64. The Labute approximate surface area is 115 Å². The Morgan fingerprint density at radius 1 is 1.16 bits per heavy atom. The van der Waals surface area contributed by atoms with Crippen molar-refractivity contribution in [1.82, 2.24) is 4.90 Å². The van der Waals surface area contributed by atoms with E-state index in [0.29, 0.717) is 5.69 Å². The molecule has 4 nitrogen and oxygen atoms in total. The molecule has 0 aliphatic carbocycles. The van der Waals surface area contributed by atoms with E-state index < -0.39 is 0 Å². The highest BCUT2D eigenvalue weighted by atomic mass is 16.3. The van der Waals surface area contributed by atoms with Crippen molar-refractivity contribution in [3.63, 3.8) is 0 Å². The molecule has 0 atom stereocenters. The first-order valence-corrected chi connectivity index (χ1v) is 7.24. The molecule has 1 aromatic rings. The second-order valence-electron chi connectivity index (χ2n) is 5.09. The summed E-state index contributed by atoms with van der Waals surface area (Å²) < 4.78 is 0. The highest BCUT2D eigenvalue weighted by molar-refractivity contribution is 5.52. The Morgan fingerprint density at radius 2 is 1.84 bits per heavy atom. The molecule has 1 fully saturated rings. The molecule has 1 aliphatic heterocycles. The second kappa shape index (κ2) is 7.24. The normalized spacial score (nSPS) is 16.3. The van der Waals surface area contributed by atoms with Gasteiger partial charge in [0.15, 0.2) is 0 Å². The van der Waals surface area contributed by atoms with E-state index in [0.717, 1.165) is 19.6 Å². The Morgan fingerprint density at radius 3 is 2.42 bits per heavy atom. The smallest absolute Gasteiger partial charge is 0.108 e. The van der Waals surface area contributed by atoms with Crippen molar-refractivity contribution < 1.29 is 0 Å². The predicted octanol–water partition coefficient (Wildman–Crippen LogP) is 3.40. The highest BCUT2D eigenvalue weighted by Crippen LogP contribution is 2.19. The van der Waals surface area contributed by atoms with Crippen molar-refractivity contribution in [2.45, 2.75) is 26.2 Å².